The second-order valence-electron chi connectivity index (χ2n) is 5.67. The number of aliphatic hydroxyl groups excluding tert-OH is 1. The van der Waals surface area contributed by atoms with Gasteiger partial charge in [-0.2, -0.15) is 0 Å². The second-order valence-corrected chi connectivity index (χ2v) is 6.08. The molecule has 2 unspecified atom stereocenters. The molecule has 0 amide bonds. The molecule has 0 heterocycles. The fraction of sp³-hybridized carbons (Fsp3) is 0.316. The second kappa shape index (κ2) is 9.39. The third kappa shape index (κ3) is 5.73. The quantitative estimate of drug-likeness (QED) is 0.540. The maximum absolute atomic E-state index is 13.0. The molecule has 0 aliphatic heterocycles. The molecule has 3 N–H and O–H groups in total. The van der Waals surface area contributed by atoms with Crippen molar-refractivity contribution in [3.63, 3.8) is 0 Å². The van der Waals surface area contributed by atoms with E-state index < -0.39 is 6.10 Å². The minimum atomic E-state index is -0.799. The van der Waals surface area contributed by atoms with Crippen LogP contribution in [0.15, 0.2) is 53.5 Å². The lowest BCUT2D eigenvalue weighted by Gasteiger charge is -2.19. The molecule has 0 bridgehead atoms. The molecular weight excluding hydrogens is 341 g/mol. The summed E-state index contributed by atoms with van der Waals surface area (Å²) in [4.78, 5) is 4.41. The van der Waals surface area contributed by atoms with E-state index in [0.29, 0.717) is 23.1 Å². The van der Waals surface area contributed by atoms with Crippen LogP contribution in [0.25, 0.3) is 0 Å². The fourth-order valence-electron chi connectivity index (χ4n) is 2.40. The van der Waals surface area contributed by atoms with Crippen molar-refractivity contribution in [2.45, 2.75) is 26.0 Å². The van der Waals surface area contributed by atoms with Crippen LogP contribution in [0.3, 0.4) is 0 Å². The first-order chi connectivity index (χ1) is 12.0. The van der Waals surface area contributed by atoms with Crippen molar-refractivity contribution >= 4 is 17.6 Å². The number of benzene rings is 2. The van der Waals surface area contributed by atoms with E-state index >= 15 is 0 Å². The number of aliphatic hydroxyl groups is 1. The van der Waals surface area contributed by atoms with Crippen LogP contribution in [0.2, 0.25) is 5.02 Å². The van der Waals surface area contributed by atoms with E-state index in [-0.39, 0.29) is 18.4 Å². The van der Waals surface area contributed by atoms with E-state index in [9.17, 15) is 9.50 Å². The predicted octanol–water partition coefficient (Wildman–Crippen LogP) is 3.83. The average Bonchev–Trinajstić information content (AvgIpc) is 2.60. The summed E-state index contributed by atoms with van der Waals surface area (Å²) >= 11 is 6.23. The largest absolute Gasteiger partial charge is 0.386 e. The Morgan fingerprint density at radius 2 is 1.88 bits per heavy atom. The molecule has 0 aliphatic carbocycles. The molecule has 0 saturated carbocycles. The average molecular weight is 364 g/mol. The number of guanidine groups is 1. The van der Waals surface area contributed by atoms with Crippen molar-refractivity contribution < 1.29 is 9.50 Å². The van der Waals surface area contributed by atoms with Crippen molar-refractivity contribution in [1.82, 2.24) is 10.6 Å². The minimum absolute atomic E-state index is 0.0468. The molecule has 0 spiro atoms. The van der Waals surface area contributed by atoms with Crippen molar-refractivity contribution in [3.8, 4) is 0 Å². The first kappa shape index (κ1) is 19.2. The molecule has 0 saturated heterocycles. The lowest BCUT2D eigenvalue weighted by molar-refractivity contribution is 0.187. The predicted molar refractivity (Wildman–Crippen MR) is 100 cm³/mol. The summed E-state index contributed by atoms with van der Waals surface area (Å²) in [6.45, 7) is 4.81. The van der Waals surface area contributed by atoms with Crippen molar-refractivity contribution in [3.05, 3.63) is 70.5 Å². The normalized spacial score (nSPS) is 14.0. The summed E-state index contributed by atoms with van der Waals surface area (Å²) in [5.41, 5.74) is 1.59. The summed E-state index contributed by atoms with van der Waals surface area (Å²) in [7, 11) is 0. The van der Waals surface area contributed by atoms with Gasteiger partial charge in [0.2, 0.25) is 0 Å². The van der Waals surface area contributed by atoms with E-state index in [1.165, 1.54) is 12.1 Å². The molecule has 2 atom stereocenters. The Hall–Kier alpha value is -2.11. The Morgan fingerprint density at radius 1 is 1.20 bits per heavy atom. The van der Waals surface area contributed by atoms with Gasteiger partial charge in [0.1, 0.15) is 5.82 Å². The minimum Gasteiger partial charge on any atom is -0.386 e. The van der Waals surface area contributed by atoms with E-state index in [0.717, 1.165) is 5.56 Å². The Bertz CT molecular complexity index is 706. The van der Waals surface area contributed by atoms with Crippen LogP contribution in [-0.4, -0.2) is 24.2 Å². The van der Waals surface area contributed by atoms with Gasteiger partial charge < -0.3 is 15.7 Å². The highest BCUT2D eigenvalue weighted by Gasteiger charge is 2.12. The SMILES string of the molecule is CCNC(=NCC(O)c1ccc(F)cc1)NC(C)c1ccccc1Cl. The zero-order chi connectivity index (χ0) is 18.2. The molecule has 0 aromatic heterocycles. The molecule has 0 radical (unpaired) electrons. The molecule has 25 heavy (non-hydrogen) atoms. The van der Waals surface area contributed by atoms with Gasteiger partial charge in [-0.3, -0.25) is 4.99 Å². The first-order valence-corrected chi connectivity index (χ1v) is 8.61. The van der Waals surface area contributed by atoms with Gasteiger partial charge in [-0.15, -0.1) is 0 Å². The number of nitrogens with zero attached hydrogens (tertiary/aromatic N) is 1. The van der Waals surface area contributed by atoms with Crippen LogP contribution in [-0.2, 0) is 0 Å². The number of nitrogens with one attached hydrogen (secondary N) is 2. The van der Waals surface area contributed by atoms with E-state index in [1.54, 1.807) is 12.1 Å². The van der Waals surface area contributed by atoms with Gasteiger partial charge in [-0.05, 0) is 43.2 Å². The van der Waals surface area contributed by atoms with Crippen LogP contribution >= 0.6 is 11.6 Å². The third-order valence-electron chi connectivity index (χ3n) is 3.75. The molecule has 2 aromatic carbocycles. The Balaban J connectivity index is 2.04. The molecule has 6 heteroatoms. The molecule has 4 nitrogen and oxygen atoms in total. The lowest BCUT2D eigenvalue weighted by Crippen LogP contribution is -2.39. The number of aliphatic imine (C=N–C) groups is 1. The summed E-state index contributed by atoms with van der Waals surface area (Å²) in [5.74, 6) is 0.249. The Kier molecular flexibility index (Phi) is 7.22. The standard InChI is InChI=1S/C19H23ClFN3O/c1-3-22-19(24-13(2)16-6-4-5-7-17(16)20)23-12-18(25)14-8-10-15(21)11-9-14/h4-11,13,18,25H,3,12H2,1-2H3,(H2,22,23,24). The molecule has 2 rings (SSSR count). The maximum atomic E-state index is 13.0. The molecule has 0 fully saturated rings. The molecule has 2 aromatic rings. The van der Waals surface area contributed by atoms with Gasteiger partial charge in [0.15, 0.2) is 5.96 Å². The summed E-state index contributed by atoms with van der Waals surface area (Å²) in [6.07, 6.45) is -0.799. The smallest absolute Gasteiger partial charge is 0.191 e. The lowest BCUT2D eigenvalue weighted by atomic mass is 10.1. The number of hydrogen-bond donors (Lipinski definition) is 3. The zero-order valence-electron chi connectivity index (χ0n) is 14.3. The summed E-state index contributed by atoms with van der Waals surface area (Å²) < 4.78 is 13.0. The van der Waals surface area contributed by atoms with Gasteiger partial charge in [-0.25, -0.2) is 4.39 Å². The maximum Gasteiger partial charge on any atom is 0.191 e. The summed E-state index contributed by atoms with van der Waals surface area (Å²) in [6, 6.07) is 13.3. The van der Waals surface area contributed by atoms with Crippen molar-refractivity contribution in [1.29, 1.82) is 0 Å². The van der Waals surface area contributed by atoms with Gasteiger partial charge in [0.05, 0.1) is 18.7 Å². The number of halogens is 2. The number of hydrogen-bond acceptors (Lipinski definition) is 2. The highest BCUT2D eigenvalue weighted by molar-refractivity contribution is 6.31. The van der Waals surface area contributed by atoms with Crippen LogP contribution in [0.1, 0.15) is 37.1 Å². The highest BCUT2D eigenvalue weighted by atomic mass is 35.5. The Labute approximate surface area is 152 Å². The third-order valence-corrected chi connectivity index (χ3v) is 4.09. The van der Waals surface area contributed by atoms with Crippen LogP contribution < -0.4 is 10.6 Å². The van der Waals surface area contributed by atoms with Crippen LogP contribution in [0, 0.1) is 5.82 Å². The van der Waals surface area contributed by atoms with Crippen LogP contribution in [0.4, 0.5) is 4.39 Å². The van der Waals surface area contributed by atoms with Gasteiger partial charge in [0.25, 0.3) is 0 Å². The number of rotatable bonds is 6. The van der Waals surface area contributed by atoms with Crippen LogP contribution in [0.5, 0.6) is 0 Å². The highest BCUT2D eigenvalue weighted by Crippen LogP contribution is 2.22. The Morgan fingerprint density at radius 3 is 2.52 bits per heavy atom. The van der Waals surface area contributed by atoms with Crippen molar-refractivity contribution in [2.75, 3.05) is 13.1 Å². The van der Waals surface area contributed by atoms with Gasteiger partial charge >= 0.3 is 0 Å². The van der Waals surface area contributed by atoms with E-state index in [2.05, 4.69) is 15.6 Å². The summed E-state index contributed by atoms with van der Waals surface area (Å²) in [5, 5.41) is 17.3. The van der Waals surface area contributed by atoms with Gasteiger partial charge in [0, 0.05) is 11.6 Å². The van der Waals surface area contributed by atoms with Crippen molar-refractivity contribution in [2.24, 2.45) is 4.99 Å². The molecule has 134 valence electrons. The monoisotopic (exact) mass is 363 g/mol. The zero-order valence-corrected chi connectivity index (χ0v) is 15.1. The van der Waals surface area contributed by atoms with Gasteiger partial charge in [-0.1, -0.05) is 41.9 Å². The topological polar surface area (TPSA) is 56.7 Å². The van der Waals surface area contributed by atoms with E-state index in [4.69, 9.17) is 11.6 Å². The first-order valence-electron chi connectivity index (χ1n) is 8.24. The van der Waals surface area contributed by atoms with E-state index in [1.807, 2.05) is 38.1 Å². The molecule has 0 aliphatic rings. The molecular formula is C19H23ClFN3O. The fourth-order valence-corrected chi connectivity index (χ4v) is 2.70.